The molecule has 9 heteroatoms. The van der Waals surface area contributed by atoms with Gasteiger partial charge < -0.3 is 14.3 Å². The van der Waals surface area contributed by atoms with Gasteiger partial charge in [0.05, 0.1) is 31.2 Å². The first-order chi connectivity index (χ1) is 13.5. The smallest absolute Gasteiger partial charge is 0.368 e. The summed E-state index contributed by atoms with van der Waals surface area (Å²) in [4.78, 5) is 17.8. The van der Waals surface area contributed by atoms with Gasteiger partial charge in [-0.25, -0.2) is 4.79 Å². The minimum atomic E-state index is -0.370. The number of benzene rings is 2. The van der Waals surface area contributed by atoms with E-state index in [9.17, 15) is 4.79 Å². The van der Waals surface area contributed by atoms with Gasteiger partial charge in [-0.2, -0.15) is 9.36 Å². The van der Waals surface area contributed by atoms with E-state index in [2.05, 4.69) is 15.6 Å². The molecular weight excluding hydrogens is 362 g/mol. The molecule has 1 heterocycles. The molecular formula is C19H21N5O4. The Balaban J connectivity index is 1.87. The summed E-state index contributed by atoms with van der Waals surface area (Å²) in [5, 5.41) is 11.8. The third kappa shape index (κ3) is 3.88. The number of ether oxygens (including phenoxy) is 2. The number of oxime groups is 1. The standard InChI is InChI=1S/C19H21N5O4/c1-13(14-7-5-8-15(11-14)26-3)20-28-12-16-17(9-6-10-18(16)27-4)24-19(25)23(2)21-22-24/h5-11H,12H2,1-4H3. The molecule has 3 rings (SSSR count). The molecule has 0 aliphatic rings. The molecule has 0 N–H and O–H groups in total. The quantitative estimate of drug-likeness (QED) is 0.457. The molecule has 0 fully saturated rings. The number of hydrogen-bond donors (Lipinski definition) is 0. The Morgan fingerprint density at radius 2 is 1.89 bits per heavy atom. The van der Waals surface area contributed by atoms with E-state index in [1.54, 1.807) is 32.4 Å². The van der Waals surface area contributed by atoms with Crippen LogP contribution < -0.4 is 15.2 Å². The van der Waals surface area contributed by atoms with Gasteiger partial charge in [-0.1, -0.05) is 23.4 Å². The highest BCUT2D eigenvalue weighted by atomic mass is 16.6. The second-order valence-corrected chi connectivity index (χ2v) is 5.94. The van der Waals surface area contributed by atoms with Gasteiger partial charge >= 0.3 is 5.69 Å². The molecule has 0 saturated heterocycles. The van der Waals surface area contributed by atoms with E-state index in [-0.39, 0.29) is 12.3 Å². The molecule has 0 aliphatic carbocycles. The highest BCUT2D eigenvalue weighted by Crippen LogP contribution is 2.25. The van der Waals surface area contributed by atoms with Crippen molar-refractivity contribution in [3.8, 4) is 17.2 Å². The maximum atomic E-state index is 12.2. The van der Waals surface area contributed by atoms with Gasteiger partial charge in [-0.3, -0.25) is 0 Å². The second-order valence-electron chi connectivity index (χ2n) is 5.94. The minimum Gasteiger partial charge on any atom is -0.497 e. The normalized spacial score (nSPS) is 11.4. The fraction of sp³-hybridized carbons (Fsp3) is 0.263. The van der Waals surface area contributed by atoms with Gasteiger partial charge in [0.25, 0.3) is 0 Å². The van der Waals surface area contributed by atoms with Crippen molar-refractivity contribution in [3.05, 3.63) is 64.1 Å². The molecule has 9 nitrogen and oxygen atoms in total. The van der Waals surface area contributed by atoms with Crippen molar-refractivity contribution in [2.24, 2.45) is 12.2 Å². The van der Waals surface area contributed by atoms with Crippen LogP contribution in [0.2, 0.25) is 0 Å². The number of hydrogen-bond acceptors (Lipinski definition) is 7. The summed E-state index contributed by atoms with van der Waals surface area (Å²) in [5.41, 5.74) is 2.35. The highest BCUT2D eigenvalue weighted by Gasteiger charge is 2.15. The Hall–Kier alpha value is -3.62. The Bertz CT molecular complexity index is 1050. The van der Waals surface area contributed by atoms with Gasteiger partial charge in [0.2, 0.25) is 0 Å². The van der Waals surface area contributed by atoms with Crippen LogP contribution >= 0.6 is 0 Å². The Kier molecular flexibility index (Phi) is 5.73. The van der Waals surface area contributed by atoms with Crippen LogP contribution in [0.25, 0.3) is 5.69 Å². The van der Waals surface area contributed by atoms with Gasteiger partial charge in [-0.05, 0) is 41.6 Å². The topological polar surface area (TPSA) is 92.8 Å². The van der Waals surface area contributed by atoms with E-state index in [0.29, 0.717) is 22.7 Å². The lowest BCUT2D eigenvalue weighted by Gasteiger charge is -2.12. The van der Waals surface area contributed by atoms with Crippen LogP contribution in [-0.2, 0) is 18.5 Å². The molecule has 146 valence electrons. The first kappa shape index (κ1) is 19.2. The zero-order chi connectivity index (χ0) is 20.1. The Morgan fingerprint density at radius 3 is 2.57 bits per heavy atom. The summed E-state index contributed by atoms with van der Waals surface area (Å²) in [7, 11) is 4.69. The van der Waals surface area contributed by atoms with Crippen molar-refractivity contribution in [1.82, 2.24) is 19.8 Å². The third-order valence-corrected chi connectivity index (χ3v) is 4.18. The van der Waals surface area contributed by atoms with Crippen molar-refractivity contribution in [3.63, 3.8) is 0 Å². The van der Waals surface area contributed by atoms with Gasteiger partial charge in [-0.15, -0.1) is 0 Å². The summed E-state index contributed by atoms with van der Waals surface area (Å²) >= 11 is 0. The minimum absolute atomic E-state index is 0.0870. The number of methoxy groups -OCH3 is 2. The zero-order valence-corrected chi connectivity index (χ0v) is 16.1. The lowest BCUT2D eigenvalue weighted by Crippen LogP contribution is -2.23. The monoisotopic (exact) mass is 383 g/mol. The molecule has 0 saturated carbocycles. The Labute approximate surface area is 161 Å². The highest BCUT2D eigenvalue weighted by molar-refractivity contribution is 5.98. The molecule has 0 amide bonds. The Morgan fingerprint density at radius 1 is 1.11 bits per heavy atom. The first-order valence-corrected chi connectivity index (χ1v) is 8.51. The van der Waals surface area contributed by atoms with E-state index < -0.39 is 0 Å². The van der Waals surface area contributed by atoms with Crippen molar-refractivity contribution in [1.29, 1.82) is 0 Å². The third-order valence-electron chi connectivity index (χ3n) is 4.18. The molecule has 2 aromatic carbocycles. The maximum Gasteiger partial charge on any atom is 0.368 e. The van der Waals surface area contributed by atoms with E-state index >= 15 is 0 Å². The maximum absolute atomic E-state index is 12.2. The summed E-state index contributed by atoms with van der Waals surface area (Å²) < 4.78 is 13.0. The summed E-state index contributed by atoms with van der Waals surface area (Å²) in [6.45, 7) is 1.93. The number of nitrogens with zero attached hydrogens (tertiary/aromatic N) is 5. The molecule has 1 aromatic heterocycles. The molecule has 0 spiro atoms. The van der Waals surface area contributed by atoms with Crippen LogP contribution in [0.1, 0.15) is 18.1 Å². The summed E-state index contributed by atoms with van der Waals surface area (Å²) in [5.74, 6) is 1.30. The molecule has 0 unspecified atom stereocenters. The number of aromatic nitrogens is 4. The predicted molar refractivity (Wildman–Crippen MR) is 103 cm³/mol. The molecule has 0 atom stereocenters. The largest absolute Gasteiger partial charge is 0.497 e. The SMILES string of the molecule is COc1cccc(C(C)=NOCc2c(OC)cccc2-n2nnn(C)c2=O)c1. The van der Waals surface area contributed by atoms with Crippen molar-refractivity contribution in [2.45, 2.75) is 13.5 Å². The van der Waals surface area contributed by atoms with Gasteiger partial charge in [0.1, 0.15) is 18.1 Å². The summed E-state index contributed by atoms with van der Waals surface area (Å²) in [6.07, 6.45) is 0. The predicted octanol–water partition coefficient (Wildman–Crippen LogP) is 1.92. The van der Waals surface area contributed by atoms with Gasteiger partial charge in [0.15, 0.2) is 0 Å². The number of aryl methyl sites for hydroxylation is 1. The molecule has 0 aliphatic heterocycles. The van der Waals surface area contributed by atoms with Crippen molar-refractivity contribution < 1.29 is 14.3 Å². The van der Waals surface area contributed by atoms with Crippen LogP contribution in [0.5, 0.6) is 11.5 Å². The number of rotatable bonds is 7. The van der Waals surface area contributed by atoms with Crippen LogP contribution in [0, 0.1) is 0 Å². The van der Waals surface area contributed by atoms with Gasteiger partial charge in [0, 0.05) is 12.6 Å². The fourth-order valence-corrected chi connectivity index (χ4v) is 2.65. The van der Waals surface area contributed by atoms with E-state index in [4.69, 9.17) is 14.3 Å². The molecule has 0 bridgehead atoms. The van der Waals surface area contributed by atoms with Crippen LogP contribution in [-0.4, -0.2) is 39.7 Å². The lowest BCUT2D eigenvalue weighted by molar-refractivity contribution is 0.128. The number of tetrazole rings is 1. The average Bonchev–Trinajstić information content (AvgIpc) is 3.06. The second kappa shape index (κ2) is 8.38. The summed E-state index contributed by atoms with van der Waals surface area (Å²) in [6, 6.07) is 12.8. The van der Waals surface area contributed by atoms with Crippen LogP contribution in [0.15, 0.2) is 52.4 Å². The van der Waals surface area contributed by atoms with Crippen molar-refractivity contribution in [2.75, 3.05) is 14.2 Å². The first-order valence-electron chi connectivity index (χ1n) is 8.51. The van der Waals surface area contributed by atoms with Crippen LogP contribution in [0.3, 0.4) is 0 Å². The van der Waals surface area contributed by atoms with E-state index in [0.717, 1.165) is 16.0 Å². The molecule has 3 aromatic rings. The van der Waals surface area contributed by atoms with E-state index in [1.807, 2.05) is 31.2 Å². The van der Waals surface area contributed by atoms with Crippen molar-refractivity contribution >= 4 is 5.71 Å². The molecule has 0 radical (unpaired) electrons. The fourth-order valence-electron chi connectivity index (χ4n) is 2.65. The molecule has 28 heavy (non-hydrogen) atoms. The van der Waals surface area contributed by atoms with E-state index in [1.165, 1.54) is 11.7 Å². The lowest BCUT2D eigenvalue weighted by atomic mass is 10.1. The average molecular weight is 383 g/mol. The zero-order valence-electron chi connectivity index (χ0n) is 16.1. The van der Waals surface area contributed by atoms with Crippen LogP contribution in [0.4, 0.5) is 0 Å².